The van der Waals surface area contributed by atoms with Crippen molar-refractivity contribution in [1.82, 2.24) is 5.43 Å². The van der Waals surface area contributed by atoms with Gasteiger partial charge in [-0.05, 0) is 72.6 Å². The number of hydrogen-bond acceptors (Lipinski definition) is 6. The number of hydrazone groups is 1. The number of anilines is 1. The molecule has 1 N–H and O–H groups in total. The van der Waals surface area contributed by atoms with Crippen LogP contribution in [0.25, 0.3) is 0 Å². The van der Waals surface area contributed by atoms with E-state index in [2.05, 4.69) is 10.5 Å². The maximum absolute atomic E-state index is 13.4. The molecule has 0 aliphatic rings. The van der Waals surface area contributed by atoms with Crippen LogP contribution in [0.3, 0.4) is 0 Å². The summed E-state index contributed by atoms with van der Waals surface area (Å²) in [4.78, 5) is 12.9. The van der Waals surface area contributed by atoms with Crippen molar-refractivity contribution in [3.63, 3.8) is 0 Å². The van der Waals surface area contributed by atoms with Gasteiger partial charge in [-0.15, -0.1) is 0 Å². The number of hydrogen-bond donors (Lipinski definition) is 1. The first-order chi connectivity index (χ1) is 19.8. The number of halogens is 2. The lowest BCUT2D eigenvalue weighted by Crippen LogP contribution is -2.39. The molecule has 212 valence electrons. The normalized spacial score (nSPS) is 11.3. The quantitative estimate of drug-likeness (QED) is 0.149. The highest BCUT2D eigenvalue weighted by molar-refractivity contribution is 7.92. The molecule has 8 nitrogen and oxygen atoms in total. The molecule has 0 aromatic heterocycles. The zero-order valence-corrected chi connectivity index (χ0v) is 24.4. The number of carbonyl (C=O) groups excluding carboxylic acids is 1. The van der Waals surface area contributed by atoms with Gasteiger partial charge in [0.2, 0.25) is 0 Å². The van der Waals surface area contributed by atoms with Crippen molar-refractivity contribution >= 4 is 51.0 Å². The highest BCUT2D eigenvalue weighted by Crippen LogP contribution is 2.31. The van der Waals surface area contributed by atoms with Gasteiger partial charge >= 0.3 is 0 Å². The molecule has 4 rings (SSSR count). The fourth-order valence-corrected chi connectivity index (χ4v) is 5.76. The second-order valence-corrected chi connectivity index (χ2v) is 11.3. The maximum atomic E-state index is 13.4. The largest absolute Gasteiger partial charge is 0.490 e. The molecule has 0 aliphatic heterocycles. The summed E-state index contributed by atoms with van der Waals surface area (Å²) in [7, 11) is -4.10. The lowest BCUT2D eigenvalue weighted by Gasteiger charge is -2.24. The van der Waals surface area contributed by atoms with E-state index < -0.39 is 22.5 Å². The summed E-state index contributed by atoms with van der Waals surface area (Å²) in [5, 5.41) is 4.82. The number of sulfonamides is 1. The smallest absolute Gasteiger partial charge is 0.264 e. The molecule has 1 amide bonds. The number of amides is 1. The maximum Gasteiger partial charge on any atom is 0.264 e. The first-order valence-electron chi connectivity index (χ1n) is 12.6. The molecule has 0 unspecified atom stereocenters. The average Bonchev–Trinajstić information content (AvgIpc) is 2.96. The van der Waals surface area contributed by atoms with Crippen LogP contribution in [0.15, 0.2) is 107 Å². The van der Waals surface area contributed by atoms with Gasteiger partial charge in [-0.3, -0.25) is 9.10 Å². The Labute approximate surface area is 249 Å². The van der Waals surface area contributed by atoms with Gasteiger partial charge in [0.05, 0.1) is 28.4 Å². The fraction of sp³-hybridized carbons (Fsp3) is 0.133. The predicted octanol–water partition coefficient (Wildman–Crippen LogP) is 6.32. The minimum absolute atomic E-state index is 0.0253. The van der Waals surface area contributed by atoms with Crippen molar-refractivity contribution in [2.45, 2.75) is 18.4 Å². The molecule has 41 heavy (non-hydrogen) atoms. The number of carbonyl (C=O) groups is 1. The lowest BCUT2D eigenvalue weighted by atomic mass is 10.2. The van der Waals surface area contributed by atoms with Crippen LogP contribution in [-0.4, -0.2) is 33.7 Å². The molecule has 0 radical (unpaired) electrons. The SMILES string of the molecule is CCOc1cc(/C=N\NC(=O)CN(c2ccccc2Cl)S(=O)(=O)c2ccccc2)ccc1OCc1cccc(Cl)c1. The molecule has 0 spiro atoms. The third-order valence-electron chi connectivity index (χ3n) is 5.69. The highest BCUT2D eigenvalue weighted by Gasteiger charge is 2.28. The second kappa shape index (κ2) is 14.0. The molecule has 0 atom stereocenters. The fourth-order valence-electron chi connectivity index (χ4n) is 3.80. The Morgan fingerprint density at radius 2 is 1.66 bits per heavy atom. The summed E-state index contributed by atoms with van der Waals surface area (Å²) in [5.74, 6) is 0.380. The van der Waals surface area contributed by atoms with Gasteiger partial charge in [0.1, 0.15) is 13.2 Å². The molecular weight excluding hydrogens is 585 g/mol. The molecule has 0 saturated heterocycles. The Bertz CT molecular complexity index is 1630. The van der Waals surface area contributed by atoms with E-state index in [1.54, 1.807) is 60.7 Å². The molecular formula is C30H27Cl2N3O5S. The number of ether oxygens (including phenoxy) is 2. The molecule has 4 aromatic rings. The van der Waals surface area contributed by atoms with Crippen molar-refractivity contribution in [1.29, 1.82) is 0 Å². The number of nitrogens with zero attached hydrogens (tertiary/aromatic N) is 2. The van der Waals surface area contributed by atoms with E-state index in [-0.39, 0.29) is 15.6 Å². The second-order valence-electron chi connectivity index (χ2n) is 8.63. The van der Waals surface area contributed by atoms with E-state index >= 15 is 0 Å². The van der Waals surface area contributed by atoms with E-state index in [1.165, 1.54) is 24.4 Å². The van der Waals surface area contributed by atoms with E-state index in [1.807, 2.05) is 25.1 Å². The van der Waals surface area contributed by atoms with Crippen molar-refractivity contribution in [3.05, 3.63) is 118 Å². The first kappa shape index (κ1) is 29.9. The monoisotopic (exact) mass is 611 g/mol. The standard InChI is InChI=1S/C30H27Cl2N3O5S/c1-2-39-29-18-22(15-16-28(29)40-21-23-9-8-10-24(31)17-23)19-33-34-30(36)20-35(27-14-7-6-13-26(27)32)41(37,38)25-11-4-3-5-12-25/h3-19H,2,20-21H2,1H3,(H,34,36)/b33-19-. The Kier molecular flexibility index (Phi) is 10.2. The molecule has 11 heteroatoms. The number of nitrogens with one attached hydrogen (secondary N) is 1. The zero-order valence-electron chi connectivity index (χ0n) is 22.0. The topological polar surface area (TPSA) is 97.3 Å². The van der Waals surface area contributed by atoms with Gasteiger partial charge in [0, 0.05) is 5.02 Å². The number of rotatable bonds is 12. The van der Waals surface area contributed by atoms with Crippen LogP contribution in [0, 0.1) is 0 Å². The van der Waals surface area contributed by atoms with Crippen LogP contribution in [0.5, 0.6) is 11.5 Å². The number of para-hydroxylation sites is 1. The van der Waals surface area contributed by atoms with E-state index in [4.69, 9.17) is 32.7 Å². The Morgan fingerprint density at radius 3 is 2.39 bits per heavy atom. The lowest BCUT2D eigenvalue weighted by molar-refractivity contribution is -0.119. The van der Waals surface area contributed by atoms with E-state index in [9.17, 15) is 13.2 Å². The highest BCUT2D eigenvalue weighted by atomic mass is 35.5. The number of benzene rings is 4. The van der Waals surface area contributed by atoms with Crippen LogP contribution >= 0.6 is 23.2 Å². The minimum atomic E-state index is -4.10. The summed E-state index contributed by atoms with van der Waals surface area (Å²) in [5.41, 5.74) is 4.10. The van der Waals surface area contributed by atoms with Gasteiger partial charge in [0.15, 0.2) is 11.5 Å². The molecule has 4 aromatic carbocycles. The van der Waals surface area contributed by atoms with Gasteiger partial charge < -0.3 is 9.47 Å². The van der Waals surface area contributed by atoms with Crippen molar-refractivity contribution in [2.75, 3.05) is 17.5 Å². The van der Waals surface area contributed by atoms with Crippen molar-refractivity contribution in [3.8, 4) is 11.5 Å². The van der Waals surface area contributed by atoms with Crippen LogP contribution in [-0.2, 0) is 21.4 Å². The minimum Gasteiger partial charge on any atom is -0.490 e. The molecule has 0 bridgehead atoms. The predicted molar refractivity (Wildman–Crippen MR) is 162 cm³/mol. The third-order valence-corrected chi connectivity index (χ3v) is 8.02. The van der Waals surface area contributed by atoms with Crippen molar-refractivity contribution < 1.29 is 22.7 Å². The van der Waals surface area contributed by atoms with Crippen LogP contribution < -0.4 is 19.2 Å². The first-order valence-corrected chi connectivity index (χ1v) is 14.8. The van der Waals surface area contributed by atoms with Crippen LogP contribution in [0.2, 0.25) is 10.0 Å². The molecule has 0 heterocycles. The average molecular weight is 613 g/mol. The Morgan fingerprint density at radius 1 is 0.902 bits per heavy atom. The van der Waals surface area contributed by atoms with Gasteiger partial charge in [-0.25, -0.2) is 13.8 Å². The molecule has 0 fully saturated rings. The van der Waals surface area contributed by atoms with Gasteiger partial charge in [0.25, 0.3) is 15.9 Å². The summed E-state index contributed by atoms with van der Waals surface area (Å²) < 4.78 is 39.4. The third kappa shape index (κ3) is 8.00. The van der Waals surface area contributed by atoms with E-state index in [0.29, 0.717) is 35.3 Å². The Balaban J connectivity index is 1.47. The summed E-state index contributed by atoms with van der Waals surface area (Å²) in [6.45, 7) is 2.03. The summed E-state index contributed by atoms with van der Waals surface area (Å²) in [6, 6.07) is 26.8. The zero-order chi connectivity index (χ0) is 29.2. The molecule has 0 aliphatic carbocycles. The summed E-state index contributed by atoms with van der Waals surface area (Å²) >= 11 is 12.4. The van der Waals surface area contributed by atoms with Crippen molar-refractivity contribution in [2.24, 2.45) is 5.10 Å². The van der Waals surface area contributed by atoms with Gasteiger partial charge in [-0.2, -0.15) is 5.10 Å². The molecule has 0 saturated carbocycles. The van der Waals surface area contributed by atoms with Gasteiger partial charge in [-0.1, -0.05) is 65.7 Å². The summed E-state index contributed by atoms with van der Waals surface area (Å²) in [6.07, 6.45) is 1.42. The van der Waals surface area contributed by atoms with E-state index in [0.717, 1.165) is 9.87 Å². The van der Waals surface area contributed by atoms with Crippen LogP contribution in [0.1, 0.15) is 18.1 Å². The van der Waals surface area contributed by atoms with Crippen LogP contribution in [0.4, 0.5) is 5.69 Å². The Hall–Kier alpha value is -4.05.